The molecule has 0 saturated carbocycles. The number of hydrogen-bond donors (Lipinski definition) is 2. The molecule has 20 heavy (non-hydrogen) atoms. The summed E-state index contributed by atoms with van der Waals surface area (Å²) < 4.78 is 10.9. The summed E-state index contributed by atoms with van der Waals surface area (Å²) in [6.45, 7) is -0.534. The Kier molecular flexibility index (Phi) is 5.58. The molecule has 1 atom stereocenters. The largest absolute Gasteiger partial charge is 0.328 e. The SMILES string of the molecule is COP(O)(OCc1ccccc1)=[SH]c1ccccc1C. The van der Waals surface area contributed by atoms with Gasteiger partial charge in [0.1, 0.15) is 0 Å². The Hall–Kier alpha value is -0.900. The van der Waals surface area contributed by atoms with E-state index in [1.165, 1.54) is 7.11 Å². The van der Waals surface area contributed by atoms with Gasteiger partial charge in [-0.3, -0.25) is 0 Å². The number of benzene rings is 2. The summed E-state index contributed by atoms with van der Waals surface area (Å²) in [5.74, 6) is 0. The van der Waals surface area contributed by atoms with Gasteiger partial charge in [-0.25, -0.2) is 0 Å². The second kappa shape index (κ2) is 7.21. The Morgan fingerprint density at radius 3 is 2.35 bits per heavy atom. The van der Waals surface area contributed by atoms with Crippen LogP contribution in [-0.2, 0) is 26.6 Å². The lowest BCUT2D eigenvalue weighted by Gasteiger charge is -2.18. The zero-order valence-corrected chi connectivity index (χ0v) is 13.4. The van der Waals surface area contributed by atoms with Gasteiger partial charge in [0.2, 0.25) is 0 Å². The highest BCUT2D eigenvalue weighted by Crippen LogP contribution is 2.47. The minimum atomic E-state index is -2.89. The van der Waals surface area contributed by atoms with Gasteiger partial charge in [-0.15, -0.1) is 0 Å². The van der Waals surface area contributed by atoms with Crippen molar-refractivity contribution in [1.29, 1.82) is 0 Å². The van der Waals surface area contributed by atoms with Gasteiger partial charge in [0, 0.05) is 12.0 Å². The fourth-order valence-corrected chi connectivity index (χ4v) is 4.97. The van der Waals surface area contributed by atoms with Crippen molar-refractivity contribution < 1.29 is 13.9 Å². The van der Waals surface area contributed by atoms with E-state index in [0.717, 1.165) is 16.0 Å². The van der Waals surface area contributed by atoms with E-state index < -0.39 is 6.72 Å². The Balaban J connectivity index is 2.19. The van der Waals surface area contributed by atoms with Crippen molar-refractivity contribution in [2.24, 2.45) is 0 Å². The van der Waals surface area contributed by atoms with Crippen molar-refractivity contribution in [3.05, 3.63) is 65.7 Å². The van der Waals surface area contributed by atoms with Crippen LogP contribution in [-0.4, -0.2) is 12.0 Å². The van der Waals surface area contributed by atoms with E-state index in [1.54, 1.807) is 0 Å². The van der Waals surface area contributed by atoms with Crippen molar-refractivity contribution in [3.8, 4) is 0 Å². The van der Waals surface area contributed by atoms with Crippen LogP contribution in [0.2, 0.25) is 0 Å². The van der Waals surface area contributed by atoms with Crippen molar-refractivity contribution in [2.45, 2.75) is 18.4 Å². The smallest absolute Gasteiger partial charge is 0.284 e. The molecule has 0 aliphatic carbocycles. The summed E-state index contributed by atoms with van der Waals surface area (Å²) >= 11 is 0. The third kappa shape index (κ3) is 4.30. The first-order valence-electron chi connectivity index (χ1n) is 6.28. The number of rotatable bonds is 5. The predicted octanol–water partition coefficient (Wildman–Crippen LogP) is 3.70. The summed E-state index contributed by atoms with van der Waals surface area (Å²) in [6.07, 6.45) is 0. The van der Waals surface area contributed by atoms with Crippen LogP contribution in [0.4, 0.5) is 0 Å². The molecule has 1 unspecified atom stereocenters. The first kappa shape index (κ1) is 15.5. The minimum Gasteiger partial charge on any atom is -0.328 e. The summed E-state index contributed by atoms with van der Waals surface area (Å²) in [5.41, 5.74) is 2.14. The van der Waals surface area contributed by atoms with Gasteiger partial charge >= 0.3 is 0 Å². The fraction of sp³-hybridized carbons (Fsp3) is 0.200. The van der Waals surface area contributed by atoms with Crippen LogP contribution < -0.4 is 0 Å². The minimum absolute atomic E-state index is 0.345. The van der Waals surface area contributed by atoms with Crippen LogP contribution in [0, 0.1) is 6.92 Å². The third-order valence-corrected chi connectivity index (χ3v) is 6.98. The summed E-state index contributed by atoms with van der Waals surface area (Å²) in [5, 5.41) is 0. The molecular weight excluding hydrogens is 291 g/mol. The van der Waals surface area contributed by atoms with Gasteiger partial charge < -0.3 is 13.9 Å². The highest BCUT2D eigenvalue weighted by molar-refractivity contribution is 8.17. The van der Waals surface area contributed by atoms with E-state index in [9.17, 15) is 4.89 Å². The van der Waals surface area contributed by atoms with E-state index in [4.69, 9.17) is 9.05 Å². The van der Waals surface area contributed by atoms with Crippen molar-refractivity contribution in [1.82, 2.24) is 0 Å². The highest BCUT2D eigenvalue weighted by atomic mass is 32.5. The van der Waals surface area contributed by atoms with Gasteiger partial charge in [0.15, 0.2) is 0 Å². The zero-order valence-electron chi connectivity index (χ0n) is 11.6. The molecule has 108 valence electrons. The Morgan fingerprint density at radius 2 is 1.70 bits per heavy atom. The van der Waals surface area contributed by atoms with Crippen LogP contribution in [0.25, 0.3) is 0 Å². The zero-order chi connectivity index (χ0) is 14.4. The fourth-order valence-electron chi connectivity index (χ4n) is 1.67. The van der Waals surface area contributed by atoms with Crippen LogP contribution in [0.3, 0.4) is 0 Å². The third-order valence-electron chi connectivity index (χ3n) is 2.83. The van der Waals surface area contributed by atoms with Gasteiger partial charge in [-0.05, 0) is 24.1 Å². The first-order chi connectivity index (χ1) is 9.63. The van der Waals surface area contributed by atoms with E-state index >= 15 is 0 Å². The molecule has 2 rings (SSSR count). The molecule has 0 aromatic heterocycles. The van der Waals surface area contributed by atoms with E-state index in [1.807, 2.05) is 61.5 Å². The molecule has 0 fully saturated rings. The molecule has 0 heterocycles. The lowest BCUT2D eigenvalue weighted by atomic mass is 10.2. The average molecular weight is 310 g/mol. The summed E-state index contributed by atoms with van der Waals surface area (Å²) in [4.78, 5) is 11.5. The second-order valence-electron chi connectivity index (χ2n) is 4.32. The summed E-state index contributed by atoms with van der Waals surface area (Å²) in [6, 6.07) is 17.7. The van der Waals surface area contributed by atoms with Crippen LogP contribution in [0.1, 0.15) is 11.1 Å². The maximum atomic E-state index is 10.5. The van der Waals surface area contributed by atoms with Gasteiger partial charge in [0.05, 0.1) is 6.61 Å². The van der Waals surface area contributed by atoms with Gasteiger partial charge in [-0.2, -0.15) is 0 Å². The highest BCUT2D eigenvalue weighted by Gasteiger charge is 2.14. The molecule has 0 aliphatic heterocycles. The van der Waals surface area contributed by atoms with E-state index in [2.05, 4.69) is 0 Å². The van der Waals surface area contributed by atoms with E-state index in [-0.39, 0.29) is 0 Å². The second-order valence-corrected chi connectivity index (χ2v) is 8.72. The normalized spacial score (nSPS) is 13.9. The summed E-state index contributed by atoms with van der Waals surface area (Å²) in [7, 11) is 2.18. The molecule has 0 radical (unpaired) electrons. The van der Waals surface area contributed by atoms with Crippen LogP contribution in [0.5, 0.6) is 0 Å². The molecule has 0 spiro atoms. The molecule has 0 saturated heterocycles. The maximum Gasteiger partial charge on any atom is 0.284 e. The van der Waals surface area contributed by atoms with Crippen molar-refractivity contribution in [3.63, 3.8) is 0 Å². The molecule has 2 aromatic rings. The molecule has 0 amide bonds. The molecule has 2 aromatic carbocycles. The Labute approximate surface area is 123 Å². The van der Waals surface area contributed by atoms with Gasteiger partial charge in [-0.1, -0.05) is 59.5 Å². The monoisotopic (exact) mass is 310 g/mol. The number of aryl methyl sites for hydroxylation is 1. The number of thiol groups is 1. The Bertz CT molecular complexity index is 614. The molecule has 0 aliphatic rings. The molecular formula is C15H19O3PS. The molecule has 5 heteroatoms. The number of hydrogen-bond acceptors (Lipinski definition) is 2. The van der Waals surface area contributed by atoms with E-state index in [0.29, 0.717) is 17.5 Å². The van der Waals surface area contributed by atoms with Crippen LogP contribution >= 0.6 is 6.72 Å². The Morgan fingerprint density at radius 1 is 1.05 bits per heavy atom. The molecule has 3 nitrogen and oxygen atoms in total. The molecule has 1 N–H and O–H groups in total. The lowest BCUT2D eigenvalue weighted by Crippen LogP contribution is -1.95. The van der Waals surface area contributed by atoms with Crippen LogP contribution in [0.15, 0.2) is 59.5 Å². The average Bonchev–Trinajstić information content (AvgIpc) is 2.49. The van der Waals surface area contributed by atoms with Crippen molar-refractivity contribution >= 4 is 17.7 Å². The quantitative estimate of drug-likeness (QED) is 0.653. The molecule has 0 bridgehead atoms. The van der Waals surface area contributed by atoms with Gasteiger partial charge in [0.25, 0.3) is 6.72 Å². The maximum absolute atomic E-state index is 10.5. The topological polar surface area (TPSA) is 38.7 Å². The standard InChI is InChI=1S/C15H19O3PS/c1-13-8-6-7-11-15(13)20-19(16,17-2)18-12-14-9-4-3-5-10-14/h3-11,16,20H,12H2,1-2H3. The van der Waals surface area contributed by atoms with Crippen molar-refractivity contribution in [2.75, 3.05) is 7.11 Å². The lowest BCUT2D eigenvalue weighted by molar-refractivity contribution is 0.217. The first-order valence-corrected chi connectivity index (χ1v) is 9.45. The predicted molar refractivity (Wildman–Crippen MR) is 85.6 cm³/mol.